The Labute approximate surface area is 368 Å². The molecule has 0 spiro atoms. The minimum absolute atomic E-state index is 0.00531. The highest BCUT2D eigenvalue weighted by Crippen LogP contribution is 2.17. The van der Waals surface area contributed by atoms with Crippen LogP contribution in [0.2, 0.25) is 0 Å². The zero-order chi connectivity index (χ0) is 43.0. The van der Waals surface area contributed by atoms with Gasteiger partial charge in [-0.3, -0.25) is 9.59 Å². The Morgan fingerprint density at radius 1 is 0.407 bits per heavy atom. The van der Waals surface area contributed by atoms with Crippen LogP contribution in [0.1, 0.15) is 303 Å². The van der Waals surface area contributed by atoms with Crippen molar-refractivity contribution in [1.29, 1.82) is 0 Å². The van der Waals surface area contributed by atoms with E-state index in [9.17, 15) is 19.8 Å². The molecule has 3 N–H and O–H groups in total. The summed E-state index contributed by atoms with van der Waals surface area (Å²) in [7, 11) is 0. The van der Waals surface area contributed by atoms with Crippen LogP contribution in [0, 0.1) is 0 Å². The molecule has 0 aromatic rings. The summed E-state index contributed by atoms with van der Waals surface area (Å²) in [5.41, 5.74) is 0. The maximum absolute atomic E-state index is 12.4. The van der Waals surface area contributed by atoms with Crippen molar-refractivity contribution >= 4 is 11.9 Å². The molecule has 0 radical (unpaired) electrons. The van der Waals surface area contributed by atoms with Crippen LogP contribution in [0.25, 0.3) is 0 Å². The summed E-state index contributed by atoms with van der Waals surface area (Å²) >= 11 is 0. The Bertz CT molecular complexity index is 837. The second kappa shape index (κ2) is 49.5. The topological polar surface area (TPSA) is 95.9 Å². The first-order chi connectivity index (χ1) is 29.0. The van der Waals surface area contributed by atoms with Gasteiger partial charge in [0.05, 0.1) is 25.4 Å². The number of amides is 1. The molecular formula is C53H105NO5. The Balaban J connectivity index is 3.36. The number of carbonyl (C=O) groups excluding carboxylic acids is 2. The highest BCUT2D eigenvalue weighted by atomic mass is 16.5. The number of rotatable bonds is 50. The third-order valence-electron chi connectivity index (χ3n) is 12.7. The van der Waals surface area contributed by atoms with Crippen molar-refractivity contribution in [3.8, 4) is 0 Å². The summed E-state index contributed by atoms with van der Waals surface area (Å²) in [6.45, 7) is 4.93. The second-order valence-electron chi connectivity index (χ2n) is 18.6. The number of unbranched alkanes of at least 4 members (excludes halogenated alkanes) is 39. The zero-order valence-corrected chi connectivity index (χ0v) is 40.0. The van der Waals surface area contributed by atoms with Gasteiger partial charge in [0.2, 0.25) is 5.91 Å². The van der Waals surface area contributed by atoms with E-state index in [0.717, 1.165) is 44.9 Å². The molecule has 0 aromatic carbocycles. The van der Waals surface area contributed by atoms with Gasteiger partial charge < -0.3 is 20.3 Å². The fourth-order valence-electron chi connectivity index (χ4n) is 8.52. The van der Waals surface area contributed by atoms with Crippen LogP contribution >= 0.6 is 0 Å². The Hall–Kier alpha value is -1.14. The molecule has 1 amide bonds. The number of hydrogen-bond donors (Lipinski definition) is 3. The Morgan fingerprint density at radius 2 is 0.695 bits per heavy atom. The van der Waals surface area contributed by atoms with Crippen LogP contribution in [-0.2, 0) is 14.3 Å². The highest BCUT2D eigenvalue weighted by molar-refractivity contribution is 5.76. The quantitative estimate of drug-likeness (QED) is 0.0419. The molecule has 0 aliphatic heterocycles. The smallest absolute Gasteiger partial charge is 0.305 e. The summed E-state index contributed by atoms with van der Waals surface area (Å²) in [6, 6.07) is -0.544. The third-order valence-corrected chi connectivity index (χ3v) is 12.7. The van der Waals surface area contributed by atoms with Gasteiger partial charge in [0.15, 0.2) is 0 Å². The van der Waals surface area contributed by atoms with E-state index < -0.39 is 12.1 Å². The van der Waals surface area contributed by atoms with E-state index in [0.29, 0.717) is 25.9 Å². The first kappa shape index (κ1) is 57.9. The predicted octanol–water partition coefficient (Wildman–Crippen LogP) is 16.0. The minimum Gasteiger partial charge on any atom is -0.466 e. The molecule has 59 heavy (non-hydrogen) atoms. The van der Waals surface area contributed by atoms with Crippen molar-refractivity contribution in [2.75, 3.05) is 13.2 Å². The molecular weight excluding hydrogens is 731 g/mol. The third kappa shape index (κ3) is 46.2. The van der Waals surface area contributed by atoms with Gasteiger partial charge in [-0.2, -0.15) is 0 Å². The molecule has 6 nitrogen and oxygen atoms in total. The fraction of sp³-hybridized carbons (Fsp3) is 0.962. The average Bonchev–Trinajstić information content (AvgIpc) is 3.24. The van der Waals surface area contributed by atoms with Crippen LogP contribution in [0.5, 0.6) is 0 Å². The molecule has 0 bridgehead atoms. The molecule has 0 saturated heterocycles. The molecule has 2 unspecified atom stereocenters. The van der Waals surface area contributed by atoms with E-state index >= 15 is 0 Å². The summed E-state index contributed by atoms with van der Waals surface area (Å²) in [6.07, 6.45) is 55.2. The molecule has 0 saturated carbocycles. The maximum atomic E-state index is 12.4. The van der Waals surface area contributed by atoms with Crippen molar-refractivity contribution < 1.29 is 24.5 Å². The number of aliphatic hydroxyl groups excluding tert-OH is 2. The van der Waals surface area contributed by atoms with Gasteiger partial charge in [-0.25, -0.2) is 0 Å². The zero-order valence-electron chi connectivity index (χ0n) is 40.0. The van der Waals surface area contributed by atoms with Crippen molar-refractivity contribution in [1.82, 2.24) is 5.32 Å². The molecule has 352 valence electrons. The number of nitrogens with one attached hydrogen (secondary N) is 1. The molecule has 0 aliphatic rings. The number of carbonyl (C=O) groups is 2. The second-order valence-corrected chi connectivity index (χ2v) is 18.6. The van der Waals surface area contributed by atoms with Crippen LogP contribution < -0.4 is 5.32 Å². The maximum Gasteiger partial charge on any atom is 0.305 e. The number of hydrogen-bond acceptors (Lipinski definition) is 5. The molecule has 0 aliphatic carbocycles. The summed E-state index contributed by atoms with van der Waals surface area (Å²) in [5, 5.41) is 23.1. The number of aliphatic hydroxyl groups is 2. The normalized spacial score (nSPS) is 12.5. The Kier molecular flexibility index (Phi) is 48.6. The van der Waals surface area contributed by atoms with E-state index in [1.165, 1.54) is 225 Å². The van der Waals surface area contributed by atoms with E-state index in [1.54, 1.807) is 0 Å². The van der Waals surface area contributed by atoms with Gasteiger partial charge in [0, 0.05) is 12.8 Å². The first-order valence-corrected chi connectivity index (χ1v) is 26.8. The molecule has 0 fully saturated rings. The van der Waals surface area contributed by atoms with Crippen molar-refractivity contribution in [3.63, 3.8) is 0 Å². The first-order valence-electron chi connectivity index (χ1n) is 26.8. The van der Waals surface area contributed by atoms with Crippen LogP contribution in [0.3, 0.4) is 0 Å². The minimum atomic E-state index is -0.666. The van der Waals surface area contributed by atoms with Gasteiger partial charge in [-0.15, -0.1) is 0 Å². The predicted molar refractivity (Wildman–Crippen MR) is 255 cm³/mol. The monoisotopic (exact) mass is 836 g/mol. The Morgan fingerprint density at radius 3 is 1.03 bits per heavy atom. The molecule has 6 heteroatoms. The lowest BCUT2D eigenvalue weighted by molar-refractivity contribution is -0.143. The van der Waals surface area contributed by atoms with E-state index in [4.69, 9.17) is 4.74 Å². The molecule has 0 heterocycles. The fourth-order valence-corrected chi connectivity index (χ4v) is 8.52. The van der Waals surface area contributed by atoms with Crippen LogP contribution in [0.15, 0.2) is 0 Å². The summed E-state index contributed by atoms with van der Waals surface area (Å²) in [5.74, 6) is -0.0391. The largest absolute Gasteiger partial charge is 0.466 e. The molecule has 2 atom stereocenters. The summed E-state index contributed by atoms with van der Waals surface area (Å²) < 4.78 is 5.48. The summed E-state index contributed by atoms with van der Waals surface area (Å²) in [4.78, 5) is 24.5. The van der Waals surface area contributed by atoms with Gasteiger partial charge in [-0.1, -0.05) is 264 Å². The standard InChI is InChI=1S/C53H105NO5/c1-3-5-7-9-11-13-14-15-16-17-18-21-24-27-31-35-39-43-47-53(58)59-48-44-40-36-32-28-25-22-19-20-23-26-30-34-38-42-46-52(57)54-50(49-55)51(56)45-41-37-33-29-12-10-8-6-4-2/h50-51,55-56H,3-49H2,1-2H3,(H,54,57). The lowest BCUT2D eigenvalue weighted by atomic mass is 10.0. The lowest BCUT2D eigenvalue weighted by Crippen LogP contribution is -2.45. The lowest BCUT2D eigenvalue weighted by Gasteiger charge is -2.22. The van der Waals surface area contributed by atoms with E-state index in [2.05, 4.69) is 19.2 Å². The van der Waals surface area contributed by atoms with Crippen molar-refractivity contribution in [3.05, 3.63) is 0 Å². The van der Waals surface area contributed by atoms with Gasteiger partial charge in [0.1, 0.15) is 0 Å². The number of esters is 1. The van der Waals surface area contributed by atoms with Gasteiger partial charge in [-0.05, 0) is 25.7 Å². The van der Waals surface area contributed by atoms with Crippen molar-refractivity contribution in [2.24, 2.45) is 0 Å². The highest BCUT2D eigenvalue weighted by Gasteiger charge is 2.20. The van der Waals surface area contributed by atoms with E-state index in [1.807, 2.05) is 0 Å². The van der Waals surface area contributed by atoms with E-state index in [-0.39, 0.29) is 18.5 Å². The number of ether oxygens (including phenoxy) is 1. The van der Waals surface area contributed by atoms with Crippen LogP contribution in [-0.4, -0.2) is 47.4 Å². The molecule has 0 aromatic heterocycles. The molecule has 0 rings (SSSR count). The van der Waals surface area contributed by atoms with Crippen LogP contribution in [0.4, 0.5) is 0 Å². The average molecular weight is 836 g/mol. The van der Waals surface area contributed by atoms with Gasteiger partial charge in [0.25, 0.3) is 0 Å². The van der Waals surface area contributed by atoms with Gasteiger partial charge >= 0.3 is 5.97 Å². The SMILES string of the molecule is CCCCCCCCCCCCCCCCCCCCC(=O)OCCCCCCCCCCCCCCCCCC(=O)NC(CO)C(O)CCCCCCCCCCC. The van der Waals surface area contributed by atoms with Crippen molar-refractivity contribution in [2.45, 2.75) is 315 Å².